The number of hydrogen-bond acceptors (Lipinski definition) is 5. The standard InChI is InChI=1S/C21H28N8/c1-2-22-20(28-13-15-29(16-14-28)21-24-11-6-12-25-21)23-10-5-9-19-26-17-7-3-4-8-18(17)27-19/h3-4,6-8,11-12H,2,5,9-10,13-16H2,1H3,(H,22,23)(H,26,27). The van der Waals surface area contributed by atoms with Gasteiger partial charge in [0, 0.05) is 58.1 Å². The van der Waals surface area contributed by atoms with E-state index < -0.39 is 0 Å². The highest BCUT2D eigenvalue weighted by Gasteiger charge is 2.20. The Balaban J connectivity index is 1.29. The highest BCUT2D eigenvalue weighted by atomic mass is 15.4. The van der Waals surface area contributed by atoms with Gasteiger partial charge in [-0.1, -0.05) is 12.1 Å². The smallest absolute Gasteiger partial charge is 0.225 e. The number of aliphatic imine (C=N–C) groups is 1. The Labute approximate surface area is 171 Å². The summed E-state index contributed by atoms with van der Waals surface area (Å²) in [5, 5.41) is 3.43. The molecule has 0 aliphatic carbocycles. The summed E-state index contributed by atoms with van der Waals surface area (Å²) in [5.41, 5.74) is 2.12. The Bertz CT molecular complexity index is 895. The molecule has 1 aliphatic rings. The summed E-state index contributed by atoms with van der Waals surface area (Å²) in [6.45, 7) is 7.37. The molecule has 0 bridgehead atoms. The van der Waals surface area contributed by atoms with Gasteiger partial charge < -0.3 is 20.1 Å². The second-order valence-electron chi connectivity index (χ2n) is 7.06. The lowest BCUT2D eigenvalue weighted by molar-refractivity contribution is 0.370. The topological polar surface area (TPSA) is 85.3 Å². The first-order valence-electron chi connectivity index (χ1n) is 10.3. The first kappa shape index (κ1) is 19.2. The number of para-hydroxylation sites is 2. The van der Waals surface area contributed by atoms with E-state index in [4.69, 9.17) is 4.99 Å². The summed E-state index contributed by atoms with van der Waals surface area (Å²) in [6.07, 6.45) is 5.45. The third-order valence-corrected chi connectivity index (χ3v) is 5.02. The van der Waals surface area contributed by atoms with Crippen molar-refractivity contribution in [2.75, 3.05) is 44.2 Å². The molecule has 0 radical (unpaired) electrons. The number of nitrogens with one attached hydrogen (secondary N) is 2. The second-order valence-corrected chi connectivity index (χ2v) is 7.06. The van der Waals surface area contributed by atoms with Crippen molar-refractivity contribution in [2.45, 2.75) is 19.8 Å². The monoisotopic (exact) mass is 392 g/mol. The van der Waals surface area contributed by atoms with E-state index in [1.165, 1.54) is 0 Å². The fourth-order valence-corrected chi connectivity index (χ4v) is 3.55. The van der Waals surface area contributed by atoms with Crippen LogP contribution in [0, 0.1) is 0 Å². The van der Waals surface area contributed by atoms with E-state index in [-0.39, 0.29) is 0 Å². The Morgan fingerprint density at radius 2 is 1.90 bits per heavy atom. The summed E-state index contributed by atoms with van der Waals surface area (Å²) in [7, 11) is 0. The molecule has 8 nitrogen and oxygen atoms in total. The van der Waals surface area contributed by atoms with Crippen molar-refractivity contribution >= 4 is 22.9 Å². The van der Waals surface area contributed by atoms with Crippen LogP contribution in [-0.2, 0) is 6.42 Å². The van der Waals surface area contributed by atoms with E-state index in [9.17, 15) is 0 Å². The van der Waals surface area contributed by atoms with Crippen LogP contribution >= 0.6 is 0 Å². The molecular weight excluding hydrogens is 364 g/mol. The fourth-order valence-electron chi connectivity index (χ4n) is 3.55. The maximum Gasteiger partial charge on any atom is 0.225 e. The minimum atomic E-state index is 0.779. The number of piperazine rings is 1. The molecule has 8 heteroatoms. The summed E-state index contributed by atoms with van der Waals surface area (Å²) in [4.78, 5) is 26.1. The quantitative estimate of drug-likeness (QED) is 0.380. The molecule has 0 saturated carbocycles. The molecule has 0 unspecified atom stereocenters. The van der Waals surface area contributed by atoms with E-state index in [1.807, 2.05) is 24.3 Å². The van der Waals surface area contributed by atoms with Crippen molar-refractivity contribution in [1.29, 1.82) is 0 Å². The number of aromatic nitrogens is 4. The Morgan fingerprint density at radius 1 is 1.10 bits per heavy atom. The maximum absolute atomic E-state index is 4.84. The molecule has 3 aromatic rings. The predicted molar refractivity (Wildman–Crippen MR) is 116 cm³/mol. The van der Waals surface area contributed by atoms with Gasteiger partial charge in [0.1, 0.15) is 5.82 Å². The highest BCUT2D eigenvalue weighted by Crippen LogP contribution is 2.12. The number of anilines is 1. The number of rotatable bonds is 6. The first-order valence-corrected chi connectivity index (χ1v) is 10.3. The predicted octanol–water partition coefficient (Wildman–Crippen LogP) is 2.07. The van der Waals surface area contributed by atoms with Crippen LogP contribution in [-0.4, -0.2) is 70.1 Å². The molecule has 0 spiro atoms. The summed E-state index contributed by atoms with van der Waals surface area (Å²) >= 11 is 0. The molecule has 1 fully saturated rings. The molecule has 29 heavy (non-hydrogen) atoms. The van der Waals surface area contributed by atoms with Gasteiger partial charge in [-0.15, -0.1) is 0 Å². The van der Waals surface area contributed by atoms with Crippen molar-refractivity contribution < 1.29 is 0 Å². The van der Waals surface area contributed by atoms with Gasteiger partial charge in [0.15, 0.2) is 5.96 Å². The number of nitrogens with zero attached hydrogens (tertiary/aromatic N) is 6. The number of fused-ring (bicyclic) bond motifs is 1. The van der Waals surface area contributed by atoms with Crippen LogP contribution in [0.15, 0.2) is 47.7 Å². The van der Waals surface area contributed by atoms with Crippen LogP contribution in [0.4, 0.5) is 5.95 Å². The van der Waals surface area contributed by atoms with Gasteiger partial charge in [0.05, 0.1) is 11.0 Å². The first-order chi connectivity index (χ1) is 14.3. The average Bonchev–Trinajstić information content (AvgIpc) is 3.19. The minimum absolute atomic E-state index is 0.779. The molecule has 2 aromatic heterocycles. The molecule has 1 aliphatic heterocycles. The van der Waals surface area contributed by atoms with E-state index in [0.717, 1.165) is 80.9 Å². The van der Waals surface area contributed by atoms with Gasteiger partial charge in [0.25, 0.3) is 0 Å². The van der Waals surface area contributed by atoms with E-state index in [1.54, 1.807) is 12.4 Å². The van der Waals surface area contributed by atoms with Gasteiger partial charge in [-0.25, -0.2) is 15.0 Å². The molecule has 0 amide bonds. The third kappa shape index (κ3) is 4.82. The van der Waals surface area contributed by atoms with Crippen LogP contribution in [0.5, 0.6) is 0 Å². The van der Waals surface area contributed by atoms with Crippen molar-refractivity contribution in [2.24, 2.45) is 4.99 Å². The largest absolute Gasteiger partial charge is 0.357 e. The van der Waals surface area contributed by atoms with Gasteiger partial charge in [-0.05, 0) is 31.5 Å². The fraction of sp³-hybridized carbons (Fsp3) is 0.429. The Kier molecular flexibility index (Phi) is 6.19. The number of H-pyrrole nitrogens is 1. The lowest BCUT2D eigenvalue weighted by Gasteiger charge is -2.36. The van der Waals surface area contributed by atoms with Gasteiger partial charge >= 0.3 is 0 Å². The minimum Gasteiger partial charge on any atom is -0.357 e. The summed E-state index contributed by atoms with van der Waals surface area (Å²) in [6, 6.07) is 10.00. The van der Waals surface area contributed by atoms with Crippen LogP contribution in [0.25, 0.3) is 11.0 Å². The zero-order valence-electron chi connectivity index (χ0n) is 16.9. The number of hydrogen-bond donors (Lipinski definition) is 2. The number of aryl methyl sites for hydroxylation is 1. The van der Waals surface area contributed by atoms with Crippen LogP contribution in [0.2, 0.25) is 0 Å². The van der Waals surface area contributed by atoms with E-state index in [0.29, 0.717) is 0 Å². The summed E-state index contributed by atoms with van der Waals surface area (Å²) in [5.74, 6) is 2.83. The normalized spacial score (nSPS) is 15.1. The highest BCUT2D eigenvalue weighted by molar-refractivity contribution is 5.80. The zero-order chi connectivity index (χ0) is 19.9. The third-order valence-electron chi connectivity index (χ3n) is 5.02. The number of aromatic amines is 1. The second kappa shape index (κ2) is 9.36. The molecule has 2 N–H and O–H groups in total. The number of imidazole rings is 1. The van der Waals surface area contributed by atoms with Crippen LogP contribution < -0.4 is 10.2 Å². The molecule has 1 saturated heterocycles. The van der Waals surface area contributed by atoms with Crippen molar-refractivity contribution in [3.8, 4) is 0 Å². The van der Waals surface area contributed by atoms with Gasteiger partial charge in [0.2, 0.25) is 5.95 Å². The molecule has 0 atom stereocenters. The van der Waals surface area contributed by atoms with Crippen molar-refractivity contribution in [3.05, 3.63) is 48.5 Å². The van der Waals surface area contributed by atoms with E-state index in [2.05, 4.69) is 48.0 Å². The Morgan fingerprint density at radius 3 is 2.66 bits per heavy atom. The zero-order valence-corrected chi connectivity index (χ0v) is 16.9. The average molecular weight is 393 g/mol. The van der Waals surface area contributed by atoms with Crippen LogP contribution in [0.3, 0.4) is 0 Å². The number of guanidine groups is 1. The van der Waals surface area contributed by atoms with Gasteiger partial charge in [-0.2, -0.15) is 0 Å². The lowest BCUT2D eigenvalue weighted by Crippen LogP contribution is -2.53. The lowest BCUT2D eigenvalue weighted by atomic mass is 10.3. The Hall–Kier alpha value is -3.16. The SMILES string of the molecule is CCNC(=NCCCc1nc2ccccc2[nH]1)N1CCN(c2ncccn2)CC1. The van der Waals surface area contributed by atoms with Gasteiger partial charge in [-0.3, -0.25) is 4.99 Å². The summed E-state index contributed by atoms with van der Waals surface area (Å²) < 4.78 is 0. The van der Waals surface area contributed by atoms with Crippen molar-refractivity contribution in [3.63, 3.8) is 0 Å². The van der Waals surface area contributed by atoms with Crippen LogP contribution in [0.1, 0.15) is 19.2 Å². The van der Waals surface area contributed by atoms with Crippen molar-refractivity contribution in [1.82, 2.24) is 30.2 Å². The molecule has 4 rings (SSSR count). The molecule has 1 aromatic carbocycles. The van der Waals surface area contributed by atoms with E-state index >= 15 is 0 Å². The maximum atomic E-state index is 4.84. The molecule has 152 valence electrons. The number of benzene rings is 1. The molecular formula is C21H28N8. The molecule has 3 heterocycles.